The first-order valence-electron chi connectivity index (χ1n) is 8.25. The summed E-state index contributed by atoms with van der Waals surface area (Å²) in [4.78, 5) is 18.9. The number of amides is 1. The van der Waals surface area contributed by atoms with Crippen molar-refractivity contribution in [2.45, 2.75) is 12.5 Å². The van der Waals surface area contributed by atoms with Crippen LogP contribution in [-0.4, -0.2) is 35.0 Å². The highest BCUT2D eigenvalue weighted by atomic mass is 79.9. The average Bonchev–Trinajstić information content (AvgIpc) is 3.11. The van der Waals surface area contributed by atoms with E-state index >= 15 is 0 Å². The maximum absolute atomic E-state index is 12.8. The highest BCUT2D eigenvalue weighted by Gasteiger charge is 2.28. The highest BCUT2D eigenvalue weighted by molar-refractivity contribution is 9.10. The number of benzene rings is 2. The van der Waals surface area contributed by atoms with Gasteiger partial charge in [-0.3, -0.25) is 4.79 Å². The molecule has 2 heterocycles. The highest BCUT2D eigenvalue weighted by Crippen LogP contribution is 2.21. The van der Waals surface area contributed by atoms with Gasteiger partial charge in [-0.15, -0.1) is 0 Å². The smallest absolute Gasteiger partial charge is 0.254 e. The van der Waals surface area contributed by atoms with Crippen molar-refractivity contribution in [3.63, 3.8) is 0 Å². The maximum atomic E-state index is 12.8. The van der Waals surface area contributed by atoms with Crippen LogP contribution in [0.5, 0.6) is 5.88 Å². The molecule has 0 bridgehead atoms. The van der Waals surface area contributed by atoms with Crippen LogP contribution in [0.3, 0.4) is 0 Å². The Hall–Kier alpha value is -2.40. The van der Waals surface area contributed by atoms with Crippen molar-refractivity contribution in [2.24, 2.45) is 0 Å². The second-order valence-electron chi connectivity index (χ2n) is 6.16. The van der Waals surface area contributed by atoms with E-state index in [9.17, 15) is 4.79 Å². The molecule has 4 nitrogen and oxygen atoms in total. The number of carbonyl (C=O) groups excluding carboxylic acids is 1. The van der Waals surface area contributed by atoms with Crippen LogP contribution < -0.4 is 4.74 Å². The molecule has 5 heteroatoms. The van der Waals surface area contributed by atoms with Crippen LogP contribution in [0.15, 0.2) is 65.3 Å². The zero-order chi connectivity index (χ0) is 17.2. The Morgan fingerprint density at radius 2 is 1.96 bits per heavy atom. The summed E-state index contributed by atoms with van der Waals surface area (Å²) in [5.41, 5.74) is 0.723. The van der Waals surface area contributed by atoms with Crippen LogP contribution in [0.4, 0.5) is 0 Å². The van der Waals surface area contributed by atoms with E-state index < -0.39 is 0 Å². The van der Waals surface area contributed by atoms with Gasteiger partial charge < -0.3 is 9.64 Å². The summed E-state index contributed by atoms with van der Waals surface area (Å²) < 4.78 is 6.81. The van der Waals surface area contributed by atoms with Gasteiger partial charge in [0.25, 0.3) is 5.91 Å². The molecule has 25 heavy (non-hydrogen) atoms. The normalized spacial score (nSPS) is 17.0. The summed E-state index contributed by atoms with van der Waals surface area (Å²) in [5, 5.41) is 2.22. The Labute approximate surface area is 154 Å². The van der Waals surface area contributed by atoms with E-state index in [1.165, 1.54) is 0 Å². The molecular weight excluding hydrogens is 380 g/mol. The Morgan fingerprint density at radius 1 is 1.12 bits per heavy atom. The van der Waals surface area contributed by atoms with Crippen molar-refractivity contribution < 1.29 is 9.53 Å². The number of fused-ring (bicyclic) bond motifs is 1. The number of nitrogens with zero attached hydrogens (tertiary/aromatic N) is 2. The van der Waals surface area contributed by atoms with Crippen LogP contribution in [0, 0.1) is 0 Å². The van der Waals surface area contributed by atoms with Crippen molar-refractivity contribution in [2.75, 3.05) is 13.1 Å². The van der Waals surface area contributed by atoms with E-state index in [1.54, 1.807) is 6.20 Å². The summed E-state index contributed by atoms with van der Waals surface area (Å²) in [6.45, 7) is 1.29. The molecule has 2 aromatic carbocycles. The molecule has 0 aliphatic carbocycles. The summed E-state index contributed by atoms with van der Waals surface area (Å²) in [7, 11) is 0. The minimum atomic E-state index is -0.0157. The van der Waals surface area contributed by atoms with Gasteiger partial charge in [-0.05, 0) is 44.9 Å². The Balaban J connectivity index is 1.45. The number of hydrogen-bond donors (Lipinski definition) is 0. The largest absolute Gasteiger partial charge is 0.472 e. The molecule has 1 unspecified atom stereocenters. The third kappa shape index (κ3) is 3.51. The monoisotopic (exact) mass is 396 g/mol. The van der Waals surface area contributed by atoms with Crippen LogP contribution in [-0.2, 0) is 0 Å². The molecule has 0 radical (unpaired) electrons. The van der Waals surface area contributed by atoms with Gasteiger partial charge in [-0.2, -0.15) is 0 Å². The maximum Gasteiger partial charge on any atom is 0.254 e. The van der Waals surface area contributed by atoms with E-state index in [0.29, 0.717) is 19.0 Å². The first kappa shape index (κ1) is 16.1. The quantitative estimate of drug-likeness (QED) is 0.662. The summed E-state index contributed by atoms with van der Waals surface area (Å²) >= 11 is 3.36. The van der Waals surface area contributed by atoms with Crippen molar-refractivity contribution in [3.8, 4) is 5.88 Å². The molecule has 126 valence electrons. The zero-order valence-electron chi connectivity index (χ0n) is 13.6. The Morgan fingerprint density at radius 3 is 2.76 bits per heavy atom. The fourth-order valence-corrected chi connectivity index (χ4v) is 3.35. The second kappa shape index (κ2) is 6.84. The fraction of sp³-hybridized carbons (Fsp3) is 0.200. The molecule has 4 rings (SSSR count). The van der Waals surface area contributed by atoms with E-state index in [-0.39, 0.29) is 12.0 Å². The molecule has 1 aliphatic heterocycles. The predicted octanol–water partition coefficient (Wildman–Crippen LogP) is 4.29. The topological polar surface area (TPSA) is 42.4 Å². The molecule has 0 N–H and O–H groups in total. The second-order valence-corrected chi connectivity index (χ2v) is 7.07. The number of aromatic nitrogens is 1. The summed E-state index contributed by atoms with van der Waals surface area (Å²) in [5.74, 6) is 0.647. The van der Waals surface area contributed by atoms with Gasteiger partial charge in [0.2, 0.25) is 5.88 Å². The lowest BCUT2D eigenvalue weighted by Crippen LogP contribution is -2.31. The molecule has 3 aromatic rings. The first-order valence-corrected chi connectivity index (χ1v) is 9.05. The van der Waals surface area contributed by atoms with Crippen LogP contribution >= 0.6 is 15.9 Å². The molecule has 1 aromatic heterocycles. The number of ether oxygens (including phenoxy) is 1. The fourth-order valence-electron chi connectivity index (χ4n) is 3.12. The first-order chi connectivity index (χ1) is 12.2. The van der Waals surface area contributed by atoms with Gasteiger partial charge in [-0.1, -0.05) is 30.3 Å². The lowest BCUT2D eigenvalue weighted by atomic mass is 10.1. The third-order valence-electron chi connectivity index (χ3n) is 4.42. The van der Waals surface area contributed by atoms with Gasteiger partial charge in [0, 0.05) is 35.3 Å². The molecule has 1 saturated heterocycles. The van der Waals surface area contributed by atoms with Gasteiger partial charge in [0.1, 0.15) is 6.10 Å². The van der Waals surface area contributed by atoms with Crippen molar-refractivity contribution in [1.82, 2.24) is 9.88 Å². The summed E-state index contributed by atoms with van der Waals surface area (Å²) in [6.07, 6.45) is 2.51. The number of carbonyl (C=O) groups is 1. The Bertz CT molecular complexity index is 911. The minimum Gasteiger partial charge on any atom is -0.472 e. The molecule has 0 spiro atoms. The van der Waals surface area contributed by atoms with E-state index in [1.807, 2.05) is 53.4 Å². The molecule has 1 amide bonds. The van der Waals surface area contributed by atoms with Crippen molar-refractivity contribution in [3.05, 3.63) is 70.8 Å². The predicted molar refractivity (Wildman–Crippen MR) is 101 cm³/mol. The van der Waals surface area contributed by atoms with Crippen molar-refractivity contribution in [1.29, 1.82) is 0 Å². The van der Waals surface area contributed by atoms with Gasteiger partial charge in [-0.25, -0.2) is 4.98 Å². The third-order valence-corrected chi connectivity index (χ3v) is 4.89. The molecule has 1 atom stereocenters. The molecule has 0 saturated carbocycles. The number of hydrogen-bond acceptors (Lipinski definition) is 3. The number of likely N-dealkylation sites (tertiary alicyclic amines) is 1. The van der Waals surface area contributed by atoms with Crippen LogP contribution in [0.1, 0.15) is 16.8 Å². The van der Waals surface area contributed by atoms with Gasteiger partial charge in [0.05, 0.1) is 6.54 Å². The zero-order valence-corrected chi connectivity index (χ0v) is 15.1. The minimum absolute atomic E-state index is 0.0157. The van der Waals surface area contributed by atoms with Crippen LogP contribution in [0.2, 0.25) is 0 Å². The van der Waals surface area contributed by atoms with E-state index in [0.717, 1.165) is 27.2 Å². The van der Waals surface area contributed by atoms with E-state index in [4.69, 9.17) is 4.74 Å². The molecule has 1 aliphatic rings. The van der Waals surface area contributed by atoms with Crippen LogP contribution in [0.25, 0.3) is 10.8 Å². The summed E-state index contributed by atoms with van der Waals surface area (Å²) in [6, 6.07) is 17.7. The van der Waals surface area contributed by atoms with E-state index in [2.05, 4.69) is 27.0 Å². The van der Waals surface area contributed by atoms with Crippen molar-refractivity contribution >= 4 is 32.6 Å². The lowest BCUT2D eigenvalue weighted by Gasteiger charge is -2.17. The number of pyridine rings is 1. The number of halogens is 1. The van der Waals surface area contributed by atoms with Gasteiger partial charge in [0.15, 0.2) is 0 Å². The average molecular weight is 397 g/mol. The standard InChI is InChI=1S/C20H17BrN2O2/c21-17-7-8-19(22-12-17)25-18-9-10-23(13-18)20(24)16-6-5-14-3-1-2-4-15(14)11-16/h1-8,11-12,18H,9-10,13H2. The Kier molecular flexibility index (Phi) is 4.40. The molecular formula is C20H17BrN2O2. The molecule has 1 fully saturated rings. The van der Waals surface area contributed by atoms with Gasteiger partial charge >= 0.3 is 0 Å². The lowest BCUT2D eigenvalue weighted by molar-refractivity contribution is 0.0771. The SMILES string of the molecule is O=C(c1ccc2ccccc2c1)N1CCC(Oc2ccc(Br)cn2)C1. The number of rotatable bonds is 3.